The van der Waals surface area contributed by atoms with Crippen molar-refractivity contribution in [2.24, 2.45) is 5.92 Å². The standard InChI is InChI=1S/C10H10BrNO4/c11-7-3-6(4-16-7)9(13)12-8(10(14)15)5-1-2-5/h3-5,8H,1-2H2,(H,12,13)(H,14,15). The van der Waals surface area contributed by atoms with E-state index in [1.807, 2.05) is 0 Å². The third kappa shape index (κ3) is 2.44. The Morgan fingerprint density at radius 1 is 1.56 bits per heavy atom. The maximum atomic E-state index is 11.6. The Bertz CT molecular complexity index is 424. The summed E-state index contributed by atoms with van der Waals surface area (Å²) in [5.41, 5.74) is 0.318. The number of carboxylic acids is 1. The predicted octanol–water partition coefficient (Wildman–Crippen LogP) is 1.64. The van der Waals surface area contributed by atoms with Gasteiger partial charge in [-0.05, 0) is 34.7 Å². The summed E-state index contributed by atoms with van der Waals surface area (Å²) in [6.45, 7) is 0. The minimum absolute atomic E-state index is 0.0665. The van der Waals surface area contributed by atoms with Crippen LogP contribution in [0, 0.1) is 5.92 Å². The molecule has 1 aromatic rings. The van der Waals surface area contributed by atoms with Gasteiger partial charge in [0.15, 0.2) is 4.67 Å². The van der Waals surface area contributed by atoms with Crippen molar-refractivity contribution in [3.8, 4) is 0 Å². The Labute approximate surface area is 99.9 Å². The molecule has 1 amide bonds. The lowest BCUT2D eigenvalue weighted by atomic mass is 10.2. The lowest BCUT2D eigenvalue weighted by Crippen LogP contribution is -2.42. The van der Waals surface area contributed by atoms with Crippen LogP contribution in [-0.2, 0) is 4.79 Å². The van der Waals surface area contributed by atoms with E-state index in [9.17, 15) is 9.59 Å². The molecule has 0 spiro atoms. The van der Waals surface area contributed by atoms with Gasteiger partial charge in [-0.1, -0.05) is 0 Å². The number of hydrogen-bond acceptors (Lipinski definition) is 3. The van der Waals surface area contributed by atoms with Crippen molar-refractivity contribution in [1.29, 1.82) is 0 Å². The quantitative estimate of drug-likeness (QED) is 0.882. The van der Waals surface area contributed by atoms with Crippen LogP contribution < -0.4 is 5.32 Å². The van der Waals surface area contributed by atoms with E-state index in [1.54, 1.807) is 0 Å². The van der Waals surface area contributed by atoms with Gasteiger partial charge in [0, 0.05) is 6.07 Å². The van der Waals surface area contributed by atoms with E-state index in [-0.39, 0.29) is 5.92 Å². The highest BCUT2D eigenvalue weighted by Crippen LogP contribution is 2.32. The van der Waals surface area contributed by atoms with E-state index in [0.29, 0.717) is 10.2 Å². The number of hydrogen-bond donors (Lipinski definition) is 2. The summed E-state index contributed by atoms with van der Waals surface area (Å²) >= 11 is 3.07. The summed E-state index contributed by atoms with van der Waals surface area (Å²) in [4.78, 5) is 22.6. The molecule has 6 heteroatoms. The molecule has 0 bridgehead atoms. The molecule has 0 radical (unpaired) electrons. The first-order chi connectivity index (χ1) is 7.58. The van der Waals surface area contributed by atoms with Gasteiger partial charge in [-0.2, -0.15) is 0 Å². The van der Waals surface area contributed by atoms with Gasteiger partial charge in [-0.25, -0.2) is 4.79 Å². The molecule has 1 fully saturated rings. The Hall–Kier alpha value is -1.30. The van der Waals surface area contributed by atoms with Crippen LogP contribution in [0.5, 0.6) is 0 Å². The summed E-state index contributed by atoms with van der Waals surface area (Å²) in [5.74, 6) is -1.34. The molecule has 1 saturated carbocycles. The molecule has 1 heterocycles. The van der Waals surface area contributed by atoms with E-state index in [2.05, 4.69) is 21.2 Å². The first-order valence-corrected chi connectivity index (χ1v) is 5.65. The molecule has 2 N–H and O–H groups in total. The number of carbonyl (C=O) groups excluding carboxylic acids is 1. The van der Waals surface area contributed by atoms with Crippen molar-refractivity contribution in [2.45, 2.75) is 18.9 Å². The van der Waals surface area contributed by atoms with Gasteiger partial charge in [-0.15, -0.1) is 0 Å². The Morgan fingerprint density at radius 2 is 2.25 bits per heavy atom. The molecule has 1 aliphatic rings. The molecule has 1 atom stereocenters. The van der Waals surface area contributed by atoms with E-state index < -0.39 is 17.9 Å². The van der Waals surface area contributed by atoms with Gasteiger partial charge in [-0.3, -0.25) is 4.79 Å². The number of amides is 1. The Balaban J connectivity index is 2.02. The number of halogens is 1. The summed E-state index contributed by atoms with van der Waals surface area (Å²) in [7, 11) is 0. The maximum absolute atomic E-state index is 11.6. The lowest BCUT2D eigenvalue weighted by molar-refractivity contribution is -0.139. The highest BCUT2D eigenvalue weighted by Gasteiger charge is 2.37. The summed E-state index contributed by atoms with van der Waals surface area (Å²) < 4.78 is 5.35. The van der Waals surface area contributed by atoms with Crippen LogP contribution >= 0.6 is 15.9 Å². The SMILES string of the molecule is O=C(NC(C(=O)O)C1CC1)c1coc(Br)c1. The summed E-state index contributed by atoms with van der Waals surface area (Å²) in [6.07, 6.45) is 2.99. The van der Waals surface area contributed by atoms with E-state index >= 15 is 0 Å². The zero-order valence-electron chi connectivity index (χ0n) is 8.27. The average molecular weight is 288 g/mol. The fraction of sp³-hybridized carbons (Fsp3) is 0.400. The minimum Gasteiger partial charge on any atom is -0.480 e. The number of carbonyl (C=O) groups is 2. The van der Waals surface area contributed by atoms with Crippen LogP contribution in [0.4, 0.5) is 0 Å². The Morgan fingerprint density at radius 3 is 2.69 bits per heavy atom. The molecule has 2 rings (SSSR count). The molecule has 1 aliphatic carbocycles. The van der Waals surface area contributed by atoms with Crippen molar-refractivity contribution in [1.82, 2.24) is 5.32 Å². The van der Waals surface area contributed by atoms with Crippen molar-refractivity contribution in [3.05, 3.63) is 22.6 Å². The predicted molar refractivity (Wildman–Crippen MR) is 58.0 cm³/mol. The fourth-order valence-electron chi connectivity index (χ4n) is 1.46. The van der Waals surface area contributed by atoms with Gasteiger partial charge in [0.2, 0.25) is 0 Å². The van der Waals surface area contributed by atoms with Gasteiger partial charge >= 0.3 is 5.97 Å². The van der Waals surface area contributed by atoms with Crippen LogP contribution in [-0.4, -0.2) is 23.0 Å². The van der Waals surface area contributed by atoms with Crippen molar-refractivity contribution < 1.29 is 19.1 Å². The van der Waals surface area contributed by atoms with Gasteiger partial charge in [0.25, 0.3) is 5.91 Å². The number of nitrogens with one attached hydrogen (secondary N) is 1. The van der Waals surface area contributed by atoms with Crippen LogP contribution in [0.25, 0.3) is 0 Å². The largest absolute Gasteiger partial charge is 0.480 e. The van der Waals surface area contributed by atoms with Crippen LogP contribution in [0.2, 0.25) is 0 Å². The normalized spacial score (nSPS) is 16.8. The van der Waals surface area contributed by atoms with Gasteiger partial charge in [0.05, 0.1) is 5.56 Å². The third-order valence-corrected chi connectivity index (χ3v) is 2.89. The second-order valence-electron chi connectivity index (χ2n) is 3.77. The van der Waals surface area contributed by atoms with E-state index in [4.69, 9.17) is 9.52 Å². The van der Waals surface area contributed by atoms with Gasteiger partial charge in [0.1, 0.15) is 12.3 Å². The van der Waals surface area contributed by atoms with Crippen molar-refractivity contribution >= 4 is 27.8 Å². The van der Waals surface area contributed by atoms with Crippen molar-refractivity contribution in [2.75, 3.05) is 0 Å². The number of furan rings is 1. The fourth-order valence-corrected chi connectivity index (χ4v) is 1.80. The van der Waals surface area contributed by atoms with Crippen LogP contribution in [0.1, 0.15) is 23.2 Å². The molecule has 0 aliphatic heterocycles. The van der Waals surface area contributed by atoms with Crippen molar-refractivity contribution in [3.63, 3.8) is 0 Å². The highest BCUT2D eigenvalue weighted by atomic mass is 79.9. The second-order valence-corrected chi connectivity index (χ2v) is 4.55. The van der Waals surface area contributed by atoms with Crippen LogP contribution in [0.15, 0.2) is 21.4 Å². The molecule has 0 aromatic carbocycles. The molecule has 1 aromatic heterocycles. The third-order valence-electron chi connectivity index (χ3n) is 2.48. The monoisotopic (exact) mass is 287 g/mol. The zero-order chi connectivity index (χ0) is 11.7. The zero-order valence-corrected chi connectivity index (χ0v) is 9.86. The summed E-state index contributed by atoms with van der Waals surface area (Å²) in [5, 5.41) is 11.4. The first kappa shape index (κ1) is 11.2. The Kier molecular flexibility index (Phi) is 3.00. The molecule has 0 saturated heterocycles. The minimum atomic E-state index is -0.988. The van der Waals surface area contributed by atoms with E-state index in [0.717, 1.165) is 12.8 Å². The highest BCUT2D eigenvalue weighted by molar-refractivity contribution is 9.10. The van der Waals surface area contributed by atoms with Gasteiger partial charge < -0.3 is 14.8 Å². The molecule has 1 unspecified atom stereocenters. The van der Waals surface area contributed by atoms with Crippen LogP contribution in [0.3, 0.4) is 0 Å². The lowest BCUT2D eigenvalue weighted by Gasteiger charge is -2.12. The number of carboxylic acid groups (broad SMARTS) is 1. The number of rotatable bonds is 4. The molecule has 86 valence electrons. The second kappa shape index (κ2) is 4.29. The summed E-state index contributed by atoms with van der Waals surface area (Å²) in [6, 6.07) is 0.711. The molecule has 5 nitrogen and oxygen atoms in total. The molecular formula is C10H10BrNO4. The van der Waals surface area contributed by atoms with E-state index in [1.165, 1.54) is 12.3 Å². The maximum Gasteiger partial charge on any atom is 0.326 e. The molecule has 16 heavy (non-hydrogen) atoms. The first-order valence-electron chi connectivity index (χ1n) is 4.85. The molecular weight excluding hydrogens is 278 g/mol. The smallest absolute Gasteiger partial charge is 0.326 e. The topological polar surface area (TPSA) is 79.5 Å². The average Bonchev–Trinajstić information content (AvgIpc) is 2.96. The number of aliphatic carboxylic acids is 1.